The molecule has 1 aliphatic carbocycles. The minimum Gasteiger partial charge on any atom is -0.435 e. The van der Waals surface area contributed by atoms with E-state index < -0.39 is 6.61 Å². The van der Waals surface area contributed by atoms with Gasteiger partial charge in [-0.2, -0.15) is 8.78 Å². The highest BCUT2D eigenvalue weighted by molar-refractivity contribution is 5.81. The van der Waals surface area contributed by atoms with Crippen LogP contribution in [0.4, 0.5) is 13.2 Å². The van der Waals surface area contributed by atoms with Crippen molar-refractivity contribution in [2.24, 2.45) is 0 Å². The number of aryl methyl sites for hydroxylation is 1. The molecule has 0 bridgehead atoms. The second kappa shape index (κ2) is 7.10. The van der Waals surface area contributed by atoms with Crippen LogP contribution in [0.3, 0.4) is 0 Å². The third-order valence-electron chi connectivity index (χ3n) is 4.96. The fraction of sp³-hybridized carbons (Fsp3) is 0.217. The molecule has 0 radical (unpaired) electrons. The molecule has 0 atom stereocenters. The number of benzene rings is 3. The van der Waals surface area contributed by atoms with Gasteiger partial charge in [0.25, 0.3) is 0 Å². The molecule has 27 heavy (non-hydrogen) atoms. The molecule has 0 amide bonds. The first-order valence-electron chi connectivity index (χ1n) is 9.05. The Kier molecular flexibility index (Phi) is 4.65. The lowest BCUT2D eigenvalue weighted by molar-refractivity contribution is -0.0498. The number of hydrogen-bond acceptors (Lipinski definition) is 1. The van der Waals surface area contributed by atoms with Crippen LogP contribution in [0, 0.1) is 5.82 Å². The van der Waals surface area contributed by atoms with Crippen LogP contribution < -0.4 is 4.74 Å². The summed E-state index contributed by atoms with van der Waals surface area (Å²) >= 11 is 0. The van der Waals surface area contributed by atoms with Crippen molar-refractivity contribution in [3.63, 3.8) is 0 Å². The molecule has 0 spiro atoms. The van der Waals surface area contributed by atoms with Crippen LogP contribution in [-0.4, -0.2) is 6.61 Å². The van der Waals surface area contributed by atoms with Crippen molar-refractivity contribution < 1.29 is 17.9 Å². The van der Waals surface area contributed by atoms with E-state index in [-0.39, 0.29) is 11.6 Å². The molecule has 0 saturated heterocycles. The van der Waals surface area contributed by atoms with Crippen molar-refractivity contribution in [1.29, 1.82) is 0 Å². The van der Waals surface area contributed by atoms with Crippen molar-refractivity contribution in [2.45, 2.75) is 32.8 Å². The molecule has 1 aliphatic rings. The lowest BCUT2D eigenvalue weighted by atomic mass is 9.98. The summed E-state index contributed by atoms with van der Waals surface area (Å²) in [4.78, 5) is 0. The Hall–Kier alpha value is -2.75. The van der Waals surface area contributed by atoms with Gasteiger partial charge in [-0.1, -0.05) is 43.7 Å². The summed E-state index contributed by atoms with van der Waals surface area (Å²) in [5.41, 5.74) is 6.76. The van der Waals surface area contributed by atoms with E-state index in [0.29, 0.717) is 11.1 Å². The van der Waals surface area contributed by atoms with E-state index >= 15 is 0 Å². The maximum absolute atomic E-state index is 14.8. The highest BCUT2D eigenvalue weighted by Crippen LogP contribution is 2.40. The molecular formula is C23H19F3O. The number of fused-ring (bicyclic) bond motifs is 3. The van der Waals surface area contributed by atoms with Gasteiger partial charge in [0.15, 0.2) is 0 Å². The molecule has 4 rings (SSSR count). The van der Waals surface area contributed by atoms with E-state index in [1.54, 1.807) is 18.2 Å². The average Bonchev–Trinajstić information content (AvgIpc) is 2.98. The van der Waals surface area contributed by atoms with Gasteiger partial charge in [0.2, 0.25) is 0 Å². The highest BCUT2D eigenvalue weighted by atomic mass is 19.3. The van der Waals surface area contributed by atoms with Gasteiger partial charge in [0.1, 0.15) is 11.6 Å². The molecule has 3 aromatic rings. The molecule has 0 N–H and O–H groups in total. The topological polar surface area (TPSA) is 9.23 Å². The first kappa shape index (κ1) is 17.7. The lowest BCUT2D eigenvalue weighted by Crippen LogP contribution is -2.01. The van der Waals surface area contributed by atoms with Crippen LogP contribution in [0.1, 0.15) is 30.0 Å². The van der Waals surface area contributed by atoms with Gasteiger partial charge >= 0.3 is 6.61 Å². The van der Waals surface area contributed by atoms with Crippen molar-refractivity contribution >= 4 is 0 Å². The zero-order chi connectivity index (χ0) is 19.0. The summed E-state index contributed by atoms with van der Waals surface area (Å²) in [5, 5.41) is 0. The Morgan fingerprint density at radius 2 is 1.63 bits per heavy atom. The van der Waals surface area contributed by atoms with Crippen molar-refractivity contribution in [2.75, 3.05) is 0 Å². The zero-order valence-electron chi connectivity index (χ0n) is 14.9. The molecular weight excluding hydrogens is 349 g/mol. The minimum absolute atomic E-state index is 0.0613. The Morgan fingerprint density at radius 1 is 0.889 bits per heavy atom. The van der Waals surface area contributed by atoms with Crippen LogP contribution >= 0.6 is 0 Å². The first-order chi connectivity index (χ1) is 13.0. The summed E-state index contributed by atoms with van der Waals surface area (Å²) in [5.74, 6) is -0.257. The summed E-state index contributed by atoms with van der Waals surface area (Å²) < 4.78 is 43.7. The van der Waals surface area contributed by atoms with Crippen LogP contribution in [0.25, 0.3) is 22.3 Å². The summed E-state index contributed by atoms with van der Waals surface area (Å²) in [6.45, 7) is -0.718. The van der Waals surface area contributed by atoms with E-state index in [0.717, 1.165) is 36.0 Å². The van der Waals surface area contributed by atoms with Crippen LogP contribution in [0.15, 0.2) is 54.6 Å². The van der Waals surface area contributed by atoms with Gasteiger partial charge in [-0.15, -0.1) is 0 Å². The Balaban J connectivity index is 1.67. The molecule has 4 heteroatoms. The molecule has 138 valence electrons. The molecule has 0 aliphatic heterocycles. The van der Waals surface area contributed by atoms with E-state index in [4.69, 9.17) is 0 Å². The fourth-order valence-electron chi connectivity index (χ4n) is 3.76. The number of alkyl halides is 2. The fourth-order valence-corrected chi connectivity index (χ4v) is 3.76. The van der Waals surface area contributed by atoms with Crippen molar-refractivity contribution in [3.8, 4) is 28.0 Å². The third kappa shape index (κ3) is 3.44. The van der Waals surface area contributed by atoms with E-state index in [1.165, 1.54) is 23.3 Å². The SMILES string of the molecule is CCCc1ccc2c(c1)Cc1cc(-c3ccc(OC(F)F)cc3)c(F)cc1-2. The first-order valence-corrected chi connectivity index (χ1v) is 9.05. The largest absolute Gasteiger partial charge is 0.435 e. The Morgan fingerprint density at radius 3 is 2.33 bits per heavy atom. The number of ether oxygens (including phenoxy) is 1. The van der Waals surface area contributed by atoms with Gasteiger partial charge in [-0.05, 0) is 70.5 Å². The highest BCUT2D eigenvalue weighted by Gasteiger charge is 2.21. The summed E-state index contributed by atoms with van der Waals surface area (Å²) in [6.07, 6.45) is 2.91. The Bertz CT molecular complexity index is 978. The van der Waals surface area contributed by atoms with Gasteiger partial charge in [-0.3, -0.25) is 0 Å². The predicted octanol–water partition coefficient (Wildman–Crippen LogP) is 6.62. The average molecular weight is 368 g/mol. The molecule has 0 unspecified atom stereocenters. The van der Waals surface area contributed by atoms with Gasteiger partial charge in [-0.25, -0.2) is 4.39 Å². The normalized spacial score (nSPS) is 12.2. The smallest absolute Gasteiger partial charge is 0.387 e. The van der Waals surface area contributed by atoms with Gasteiger partial charge < -0.3 is 4.74 Å². The van der Waals surface area contributed by atoms with Crippen LogP contribution in [-0.2, 0) is 12.8 Å². The minimum atomic E-state index is -2.87. The monoisotopic (exact) mass is 368 g/mol. The summed E-state index contributed by atoms with van der Waals surface area (Å²) in [7, 11) is 0. The molecule has 0 saturated carbocycles. The van der Waals surface area contributed by atoms with E-state index in [9.17, 15) is 13.2 Å². The third-order valence-corrected chi connectivity index (χ3v) is 4.96. The predicted molar refractivity (Wildman–Crippen MR) is 101 cm³/mol. The summed E-state index contributed by atoms with van der Waals surface area (Å²) in [6, 6.07) is 15.9. The molecule has 0 aromatic heterocycles. The van der Waals surface area contributed by atoms with Crippen molar-refractivity contribution in [1.82, 2.24) is 0 Å². The zero-order valence-corrected chi connectivity index (χ0v) is 14.9. The second-order valence-electron chi connectivity index (χ2n) is 6.81. The Labute approximate surface area is 156 Å². The molecule has 1 nitrogen and oxygen atoms in total. The molecule has 0 heterocycles. The van der Waals surface area contributed by atoms with Crippen molar-refractivity contribution in [3.05, 3.63) is 77.1 Å². The van der Waals surface area contributed by atoms with Gasteiger partial charge in [0.05, 0.1) is 0 Å². The van der Waals surface area contributed by atoms with E-state index in [2.05, 4.69) is 29.9 Å². The lowest BCUT2D eigenvalue weighted by Gasteiger charge is -2.09. The number of hydrogen-bond donors (Lipinski definition) is 0. The maximum Gasteiger partial charge on any atom is 0.387 e. The van der Waals surface area contributed by atoms with Crippen LogP contribution in [0.2, 0.25) is 0 Å². The van der Waals surface area contributed by atoms with E-state index in [1.807, 2.05) is 6.07 Å². The quantitative estimate of drug-likeness (QED) is 0.385. The van der Waals surface area contributed by atoms with Crippen LogP contribution in [0.5, 0.6) is 5.75 Å². The second-order valence-corrected chi connectivity index (χ2v) is 6.81. The number of rotatable bonds is 5. The molecule has 0 fully saturated rings. The number of halogens is 3. The molecule has 3 aromatic carbocycles. The maximum atomic E-state index is 14.8. The van der Waals surface area contributed by atoms with Gasteiger partial charge in [0, 0.05) is 5.56 Å². The standard InChI is InChI=1S/C23H19F3O/c1-2-3-14-4-9-19-16(10-14)11-17-12-21(22(24)13-20(17)19)15-5-7-18(8-6-15)27-23(25)26/h4-10,12-13,23H,2-3,11H2,1H3.